The van der Waals surface area contributed by atoms with Crippen molar-refractivity contribution in [3.63, 3.8) is 0 Å². The van der Waals surface area contributed by atoms with E-state index in [1.165, 1.54) is 31.4 Å². The van der Waals surface area contributed by atoms with Crippen molar-refractivity contribution >= 4 is 40.3 Å². The number of amides is 5. The minimum atomic E-state index is -0.775. The molecule has 6 fully saturated rings. The number of carbonyl (C=O) groups excluding carboxylic acids is 5. The predicted molar refractivity (Wildman–Crippen MR) is 279 cm³/mol. The molecule has 10 rings (SSSR count). The van der Waals surface area contributed by atoms with Gasteiger partial charge in [-0.05, 0) is 98.6 Å². The third kappa shape index (κ3) is 12.3. The number of benzene rings is 3. The number of piperidine rings is 2. The Morgan fingerprint density at radius 2 is 1.43 bits per heavy atom. The number of piperazine rings is 1. The molecule has 0 radical (unpaired) electrons. The molecule has 400 valence electrons. The molecule has 4 aromatic rings. The molecule has 3 aromatic carbocycles. The molecule has 2 saturated carbocycles. The van der Waals surface area contributed by atoms with Crippen LogP contribution in [0, 0.1) is 23.5 Å². The summed E-state index contributed by atoms with van der Waals surface area (Å²) in [7, 11) is 0. The van der Waals surface area contributed by atoms with Gasteiger partial charge in [0, 0.05) is 89.6 Å². The predicted octanol–water partition coefficient (Wildman–Crippen LogP) is 6.82. The molecular formula is C58H72F2N8O7. The summed E-state index contributed by atoms with van der Waals surface area (Å²) in [6.45, 7) is 4.88. The van der Waals surface area contributed by atoms with E-state index in [-0.39, 0.29) is 78.1 Å². The van der Waals surface area contributed by atoms with Gasteiger partial charge in [-0.15, -0.1) is 0 Å². The number of carbonyl (C=O) groups is 5. The Bertz CT molecular complexity index is 2780. The van der Waals surface area contributed by atoms with Gasteiger partial charge in [0.2, 0.25) is 17.7 Å². The van der Waals surface area contributed by atoms with Gasteiger partial charge in [-0.3, -0.25) is 33.7 Å². The first-order valence-corrected chi connectivity index (χ1v) is 27.8. The van der Waals surface area contributed by atoms with Crippen LogP contribution in [0.15, 0.2) is 65.5 Å². The normalized spacial score (nSPS) is 21.8. The van der Waals surface area contributed by atoms with Crippen molar-refractivity contribution in [2.24, 2.45) is 11.8 Å². The first kappa shape index (κ1) is 52.4. The van der Waals surface area contributed by atoms with Crippen LogP contribution in [-0.2, 0) is 25.5 Å². The highest BCUT2D eigenvalue weighted by Gasteiger charge is 2.39. The van der Waals surface area contributed by atoms with Crippen LogP contribution in [0.4, 0.5) is 8.78 Å². The maximum absolute atomic E-state index is 16.4. The van der Waals surface area contributed by atoms with Gasteiger partial charge < -0.3 is 29.7 Å². The largest absolute Gasteiger partial charge is 0.373 e. The van der Waals surface area contributed by atoms with Crippen LogP contribution in [0.1, 0.15) is 140 Å². The van der Waals surface area contributed by atoms with Gasteiger partial charge in [0.25, 0.3) is 17.4 Å². The van der Waals surface area contributed by atoms with Crippen molar-refractivity contribution < 1.29 is 37.5 Å². The van der Waals surface area contributed by atoms with Gasteiger partial charge in [-0.2, -0.15) is 5.10 Å². The zero-order chi connectivity index (χ0) is 52.0. The molecule has 6 aliphatic rings. The molecule has 0 bridgehead atoms. The second-order valence-electron chi connectivity index (χ2n) is 22.1. The lowest BCUT2D eigenvalue weighted by Gasteiger charge is -2.37. The number of fused-ring (bicyclic) bond motifs is 1. The highest BCUT2D eigenvalue weighted by Crippen LogP contribution is 2.34. The Balaban J connectivity index is 0.673. The van der Waals surface area contributed by atoms with Gasteiger partial charge >= 0.3 is 0 Å². The molecule has 1 aromatic heterocycles. The second-order valence-corrected chi connectivity index (χ2v) is 22.1. The number of hydrogen-bond donors (Lipinski definition) is 2. The molecule has 2 N–H and O–H groups in total. The van der Waals surface area contributed by atoms with Crippen molar-refractivity contribution in [3.8, 4) is 0 Å². The summed E-state index contributed by atoms with van der Waals surface area (Å²) in [6.07, 6.45) is 13.5. The van der Waals surface area contributed by atoms with E-state index in [1.54, 1.807) is 51.1 Å². The third-order valence-electron chi connectivity index (χ3n) is 17.2. The summed E-state index contributed by atoms with van der Waals surface area (Å²) in [4.78, 5) is 90.2. The fourth-order valence-electron chi connectivity index (χ4n) is 12.5. The van der Waals surface area contributed by atoms with E-state index in [9.17, 15) is 28.8 Å². The van der Waals surface area contributed by atoms with Crippen LogP contribution < -0.4 is 10.9 Å². The van der Waals surface area contributed by atoms with Crippen LogP contribution in [0.2, 0.25) is 0 Å². The number of aromatic nitrogens is 2. The first-order chi connectivity index (χ1) is 36.4. The number of ether oxygens (including phenoxy) is 1. The zero-order valence-corrected chi connectivity index (χ0v) is 43.1. The lowest BCUT2D eigenvalue weighted by atomic mass is 9.82. The molecule has 2 aliphatic carbocycles. The van der Waals surface area contributed by atoms with Crippen LogP contribution in [-0.4, -0.2) is 154 Å². The molecule has 5 heterocycles. The molecule has 5 amide bonds. The van der Waals surface area contributed by atoms with Crippen molar-refractivity contribution in [1.29, 1.82) is 0 Å². The zero-order valence-electron chi connectivity index (χ0n) is 43.1. The van der Waals surface area contributed by atoms with E-state index in [2.05, 4.69) is 20.4 Å². The van der Waals surface area contributed by atoms with Crippen LogP contribution in [0.5, 0.6) is 0 Å². The summed E-state index contributed by atoms with van der Waals surface area (Å²) in [5.74, 6) is -1.85. The molecular weight excluding hydrogens is 959 g/mol. The fraction of sp³-hybridized carbons (Fsp3) is 0.569. The number of nitrogens with zero attached hydrogens (tertiary/aromatic N) is 6. The standard InChI is InChI=1S/C58H72F2N8O7/c59-49-20-18-39(34-50-45-14-4-5-15-46(45)56(72)63-62-50)33-48(49)57(73)66-31-29-65(30-32-66)52(70)37-64-26-22-42(23-27-64)75-43-24-28-68(36-43)58(74)54(40-11-2-1-3-12-40)61-55(71)47-17-7-16-44(53(47)60)41-13-8-25-67(35-41)51(69)21-19-38-9-6-10-38/h4-5,7,14-18,20,33,38,40-43,54H,1-3,6,8-13,19,21-32,34-37H2,(H,61,71)(H,63,72)/t41?,43-,54+/m0/s1. The number of hydrogen-bond acceptors (Lipinski definition) is 9. The summed E-state index contributed by atoms with van der Waals surface area (Å²) in [6, 6.07) is 15.8. The van der Waals surface area contributed by atoms with Gasteiger partial charge in [0.1, 0.15) is 17.7 Å². The van der Waals surface area contributed by atoms with E-state index < -0.39 is 29.5 Å². The Kier molecular flexibility index (Phi) is 16.7. The van der Waals surface area contributed by atoms with Gasteiger partial charge in [-0.1, -0.05) is 74.9 Å². The number of H-pyrrole nitrogens is 1. The number of rotatable bonds is 15. The van der Waals surface area contributed by atoms with Crippen molar-refractivity contribution in [2.45, 2.75) is 127 Å². The topological polar surface area (TPSA) is 169 Å². The van der Waals surface area contributed by atoms with Crippen LogP contribution >= 0.6 is 0 Å². The van der Waals surface area contributed by atoms with Crippen molar-refractivity contribution in [3.05, 3.63) is 111 Å². The molecule has 15 nitrogen and oxygen atoms in total. The molecule has 4 saturated heterocycles. The fourth-order valence-corrected chi connectivity index (χ4v) is 12.5. The quantitative estimate of drug-likeness (QED) is 0.130. The Labute approximate surface area is 437 Å². The maximum Gasteiger partial charge on any atom is 0.272 e. The van der Waals surface area contributed by atoms with E-state index in [0.29, 0.717) is 105 Å². The molecule has 17 heteroatoms. The highest BCUT2D eigenvalue weighted by molar-refractivity contribution is 5.98. The lowest BCUT2D eigenvalue weighted by Crippen LogP contribution is -2.53. The van der Waals surface area contributed by atoms with E-state index >= 15 is 8.78 Å². The highest BCUT2D eigenvalue weighted by atomic mass is 19.1. The molecule has 0 spiro atoms. The number of nitrogens with one attached hydrogen (secondary N) is 2. The molecule has 1 unspecified atom stereocenters. The monoisotopic (exact) mass is 1030 g/mol. The molecule has 4 aliphatic heterocycles. The molecule has 75 heavy (non-hydrogen) atoms. The smallest absolute Gasteiger partial charge is 0.272 e. The minimum Gasteiger partial charge on any atom is -0.373 e. The third-order valence-corrected chi connectivity index (χ3v) is 17.2. The van der Waals surface area contributed by atoms with Crippen LogP contribution in [0.25, 0.3) is 10.8 Å². The van der Waals surface area contributed by atoms with Crippen LogP contribution in [0.3, 0.4) is 0 Å². The summed E-state index contributed by atoms with van der Waals surface area (Å²) < 4.78 is 38.2. The Hall–Kier alpha value is -6.07. The van der Waals surface area contributed by atoms with Crippen molar-refractivity contribution in [2.75, 3.05) is 72.0 Å². The number of likely N-dealkylation sites (tertiary alicyclic amines) is 3. The summed E-state index contributed by atoms with van der Waals surface area (Å²) in [5.41, 5.74) is 1.34. The van der Waals surface area contributed by atoms with Gasteiger partial charge in [0.05, 0.1) is 41.0 Å². The van der Waals surface area contributed by atoms with Crippen molar-refractivity contribution in [1.82, 2.24) is 40.0 Å². The lowest BCUT2D eigenvalue weighted by molar-refractivity contribution is -0.135. The average Bonchev–Trinajstić information content (AvgIpc) is 3.90. The van der Waals surface area contributed by atoms with Gasteiger partial charge in [0.15, 0.2) is 0 Å². The second kappa shape index (κ2) is 23.9. The minimum absolute atomic E-state index is 0.0200. The first-order valence-electron chi connectivity index (χ1n) is 27.8. The Morgan fingerprint density at radius 1 is 0.680 bits per heavy atom. The number of aromatic amines is 1. The average molecular weight is 1030 g/mol. The van der Waals surface area contributed by atoms with E-state index in [4.69, 9.17) is 4.74 Å². The molecule has 3 atom stereocenters. The summed E-state index contributed by atoms with van der Waals surface area (Å²) >= 11 is 0. The maximum atomic E-state index is 16.4. The van der Waals surface area contributed by atoms with Gasteiger partial charge in [-0.25, -0.2) is 13.9 Å². The number of halogens is 2. The summed E-state index contributed by atoms with van der Waals surface area (Å²) in [5, 5.41) is 11.0. The Morgan fingerprint density at radius 3 is 2.19 bits per heavy atom. The van der Waals surface area contributed by atoms with E-state index in [1.807, 2.05) is 17.0 Å². The SMILES string of the molecule is O=C(N[C@@H](C(=O)N1CC[C@H](OC2CCN(CC(=O)N3CCN(C(=O)c4cc(Cc5n[nH]c(=O)c6ccccc56)ccc4F)CC3)CC2)C1)C1CCCCC1)c1cccc(C2CCCN(C(=O)CCC3CCC3)C2)c1F. The van der Waals surface area contributed by atoms with E-state index in [0.717, 1.165) is 64.2 Å².